The Balaban J connectivity index is 1.57. The van der Waals surface area contributed by atoms with Crippen LogP contribution in [0.5, 0.6) is 0 Å². The zero-order chi connectivity index (χ0) is 16.2. The summed E-state index contributed by atoms with van der Waals surface area (Å²) in [6.07, 6.45) is 2.49. The highest BCUT2D eigenvalue weighted by Gasteiger charge is 2.15. The summed E-state index contributed by atoms with van der Waals surface area (Å²) in [6.45, 7) is 1.86. The Morgan fingerprint density at radius 3 is 2.83 bits per heavy atom. The molecule has 0 fully saturated rings. The number of hydrogen-bond donors (Lipinski definition) is 2. The van der Waals surface area contributed by atoms with E-state index in [2.05, 4.69) is 10.3 Å². The van der Waals surface area contributed by atoms with Crippen molar-refractivity contribution < 1.29 is 9.59 Å². The Morgan fingerprint density at radius 1 is 1.22 bits per heavy atom. The first-order valence-electron chi connectivity index (χ1n) is 7.54. The van der Waals surface area contributed by atoms with Crippen molar-refractivity contribution >= 4 is 33.9 Å². The van der Waals surface area contributed by atoms with Crippen LogP contribution < -0.4 is 5.32 Å². The number of benzene rings is 1. The molecule has 3 rings (SSSR count). The molecule has 0 radical (unpaired) electrons. The molecule has 0 spiro atoms. The van der Waals surface area contributed by atoms with Gasteiger partial charge in [0, 0.05) is 29.6 Å². The van der Waals surface area contributed by atoms with E-state index in [0.29, 0.717) is 12.8 Å². The summed E-state index contributed by atoms with van der Waals surface area (Å²) in [6, 6.07) is 11.4. The van der Waals surface area contributed by atoms with Crippen LogP contribution >= 0.6 is 11.3 Å². The molecule has 1 amide bonds. The minimum Gasteiger partial charge on any atom is -0.361 e. The highest BCUT2D eigenvalue weighted by atomic mass is 32.1. The van der Waals surface area contributed by atoms with Gasteiger partial charge in [-0.05, 0) is 30.0 Å². The van der Waals surface area contributed by atoms with Gasteiger partial charge in [0.25, 0.3) is 0 Å². The number of H-pyrrole nitrogens is 1. The quantitative estimate of drug-likeness (QED) is 0.681. The fourth-order valence-corrected chi connectivity index (χ4v) is 3.32. The van der Waals surface area contributed by atoms with E-state index in [1.165, 1.54) is 11.3 Å². The van der Waals surface area contributed by atoms with Crippen LogP contribution in [0.2, 0.25) is 0 Å². The Hall–Kier alpha value is -2.40. The van der Waals surface area contributed by atoms with Crippen LogP contribution in [-0.4, -0.2) is 22.7 Å². The van der Waals surface area contributed by atoms with Crippen LogP contribution in [0.3, 0.4) is 0 Å². The van der Waals surface area contributed by atoms with Crippen LogP contribution in [0.4, 0.5) is 0 Å². The largest absolute Gasteiger partial charge is 0.361 e. The lowest BCUT2D eigenvalue weighted by molar-refractivity contribution is -0.120. The number of para-hydroxylation sites is 1. The van der Waals surface area contributed by atoms with Crippen LogP contribution in [0, 0.1) is 0 Å². The molecule has 2 aromatic heterocycles. The highest BCUT2D eigenvalue weighted by molar-refractivity contribution is 7.12. The Labute approximate surface area is 138 Å². The SMILES string of the molecule is CC(CC(=O)c1cccs1)NC(=O)Cc1c[nH]c2ccccc12. The molecular weight excluding hydrogens is 308 g/mol. The van der Waals surface area contributed by atoms with E-state index in [-0.39, 0.29) is 17.7 Å². The maximum Gasteiger partial charge on any atom is 0.224 e. The third-order valence-electron chi connectivity index (χ3n) is 3.72. The van der Waals surface area contributed by atoms with E-state index in [1.807, 2.05) is 54.9 Å². The molecule has 0 aliphatic heterocycles. The smallest absolute Gasteiger partial charge is 0.224 e. The van der Waals surface area contributed by atoms with Crippen molar-refractivity contribution in [2.45, 2.75) is 25.8 Å². The van der Waals surface area contributed by atoms with Gasteiger partial charge in [-0.2, -0.15) is 0 Å². The number of aromatic nitrogens is 1. The minimum atomic E-state index is -0.178. The molecule has 0 bridgehead atoms. The van der Waals surface area contributed by atoms with Gasteiger partial charge in [-0.1, -0.05) is 24.3 Å². The summed E-state index contributed by atoms with van der Waals surface area (Å²) in [7, 11) is 0. The van der Waals surface area contributed by atoms with Crippen LogP contribution in [0.25, 0.3) is 10.9 Å². The van der Waals surface area contributed by atoms with Crippen LogP contribution in [0.1, 0.15) is 28.6 Å². The number of aromatic amines is 1. The second kappa shape index (κ2) is 6.79. The van der Waals surface area contributed by atoms with E-state index in [0.717, 1.165) is 21.3 Å². The number of hydrogen-bond acceptors (Lipinski definition) is 3. The predicted octanol–water partition coefficient (Wildman–Crippen LogP) is 3.55. The summed E-state index contributed by atoms with van der Waals surface area (Å²) >= 11 is 1.43. The van der Waals surface area contributed by atoms with Crippen LogP contribution in [-0.2, 0) is 11.2 Å². The molecule has 2 N–H and O–H groups in total. The van der Waals surface area contributed by atoms with Gasteiger partial charge >= 0.3 is 0 Å². The molecule has 5 heteroatoms. The summed E-state index contributed by atoms with van der Waals surface area (Å²) in [5.74, 6) is 0.00104. The van der Waals surface area contributed by atoms with Gasteiger partial charge in [-0.15, -0.1) is 11.3 Å². The normalized spacial score (nSPS) is 12.2. The average Bonchev–Trinajstić information content (AvgIpc) is 3.17. The van der Waals surface area contributed by atoms with Crippen molar-refractivity contribution in [3.05, 3.63) is 58.4 Å². The van der Waals surface area contributed by atoms with E-state index >= 15 is 0 Å². The van der Waals surface area contributed by atoms with Crippen molar-refractivity contribution in [3.63, 3.8) is 0 Å². The second-order valence-corrected chi connectivity index (χ2v) is 6.56. The molecule has 0 saturated carbocycles. The molecule has 118 valence electrons. The Bertz CT molecular complexity index is 821. The summed E-state index contributed by atoms with van der Waals surface area (Å²) in [4.78, 5) is 28.1. The van der Waals surface area contributed by atoms with Crippen LogP contribution in [0.15, 0.2) is 48.0 Å². The first-order valence-corrected chi connectivity index (χ1v) is 8.42. The van der Waals surface area contributed by atoms with Gasteiger partial charge in [-0.25, -0.2) is 0 Å². The third kappa shape index (κ3) is 3.68. The maximum atomic E-state index is 12.2. The van der Waals surface area contributed by atoms with Gasteiger partial charge in [0.2, 0.25) is 5.91 Å². The number of rotatable bonds is 6. The lowest BCUT2D eigenvalue weighted by Gasteiger charge is -2.12. The molecule has 2 heterocycles. The van der Waals surface area contributed by atoms with E-state index < -0.39 is 0 Å². The Kier molecular flexibility index (Phi) is 4.57. The van der Waals surface area contributed by atoms with Crippen molar-refractivity contribution in [3.8, 4) is 0 Å². The number of fused-ring (bicyclic) bond motifs is 1. The standard InChI is InChI=1S/C18H18N2O2S/c1-12(9-16(21)17-7-4-8-23-17)20-18(22)10-13-11-19-15-6-3-2-5-14(13)15/h2-8,11-12,19H,9-10H2,1H3,(H,20,22). The van der Waals surface area contributed by atoms with E-state index in [4.69, 9.17) is 0 Å². The molecule has 3 aromatic rings. The van der Waals surface area contributed by atoms with Gasteiger partial charge in [0.1, 0.15) is 0 Å². The summed E-state index contributed by atoms with van der Waals surface area (Å²) in [5, 5.41) is 5.85. The number of carbonyl (C=O) groups is 2. The molecule has 1 aromatic carbocycles. The number of nitrogens with one attached hydrogen (secondary N) is 2. The number of Topliss-reactive ketones (excluding diaryl/α,β-unsaturated/α-hetero) is 1. The number of carbonyl (C=O) groups excluding carboxylic acids is 2. The van der Waals surface area contributed by atoms with E-state index in [9.17, 15) is 9.59 Å². The lowest BCUT2D eigenvalue weighted by atomic mass is 10.1. The molecule has 23 heavy (non-hydrogen) atoms. The molecular formula is C18H18N2O2S. The maximum absolute atomic E-state index is 12.2. The second-order valence-electron chi connectivity index (χ2n) is 5.61. The van der Waals surface area contributed by atoms with Crippen molar-refractivity contribution in [2.24, 2.45) is 0 Å². The zero-order valence-electron chi connectivity index (χ0n) is 12.8. The van der Waals surface area contributed by atoms with Gasteiger partial charge in [0.05, 0.1) is 11.3 Å². The molecule has 0 aliphatic carbocycles. The Morgan fingerprint density at radius 2 is 2.04 bits per heavy atom. The van der Waals surface area contributed by atoms with Gasteiger partial charge in [0.15, 0.2) is 5.78 Å². The first-order chi connectivity index (χ1) is 11.1. The van der Waals surface area contributed by atoms with Gasteiger partial charge < -0.3 is 10.3 Å². The minimum absolute atomic E-state index is 0.0683. The van der Waals surface area contributed by atoms with Crippen molar-refractivity contribution in [1.82, 2.24) is 10.3 Å². The summed E-state index contributed by atoms with van der Waals surface area (Å²) < 4.78 is 0. The molecule has 0 saturated heterocycles. The molecule has 1 atom stereocenters. The highest BCUT2D eigenvalue weighted by Crippen LogP contribution is 2.18. The topological polar surface area (TPSA) is 62.0 Å². The molecule has 0 aliphatic rings. The monoisotopic (exact) mass is 326 g/mol. The van der Waals surface area contributed by atoms with E-state index in [1.54, 1.807) is 0 Å². The van der Waals surface area contributed by atoms with Crippen molar-refractivity contribution in [2.75, 3.05) is 0 Å². The molecule has 4 nitrogen and oxygen atoms in total. The fraction of sp³-hybridized carbons (Fsp3) is 0.222. The van der Waals surface area contributed by atoms with Crippen molar-refractivity contribution in [1.29, 1.82) is 0 Å². The average molecular weight is 326 g/mol. The lowest BCUT2D eigenvalue weighted by Crippen LogP contribution is -2.35. The number of thiophene rings is 1. The van der Waals surface area contributed by atoms with Gasteiger partial charge in [-0.3, -0.25) is 9.59 Å². The first kappa shape index (κ1) is 15.5. The fourth-order valence-electron chi connectivity index (χ4n) is 2.64. The number of amides is 1. The summed E-state index contributed by atoms with van der Waals surface area (Å²) in [5.41, 5.74) is 1.99. The predicted molar refractivity (Wildman–Crippen MR) is 92.9 cm³/mol. The zero-order valence-corrected chi connectivity index (χ0v) is 13.7. The number of ketones is 1. The molecule has 1 unspecified atom stereocenters. The third-order valence-corrected chi connectivity index (χ3v) is 4.63.